The highest BCUT2D eigenvalue weighted by Crippen LogP contribution is 2.34. The average molecular weight is 345 g/mol. The van der Waals surface area contributed by atoms with Crippen molar-refractivity contribution in [1.82, 2.24) is 29.9 Å². The lowest BCUT2D eigenvalue weighted by Crippen LogP contribution is -2.21. The lowest BCUT2D eigenvalue weighted by Gasteiger charge is -2.15. The van der Waals surface area contributed by atoms with Gasteiger partial charge in [0.1, 0.15) is 0 Å². The molecule has 9 nitrogen and oxygen atoms in total. The summed E-state index contributed by atoms with van der Waals surface area (Å²) in [5.41, 5.74) is 1.87. The Bertz CT molecular complexity index is 716. The second-order valence-electron chi connectivity index (χ2n) is 6.42. The molecule has 2 aromatic heterocycles. The summed E-state index contributed by atoms with van der Waals surface area (Å²) in [5.74, 6) is -0.0594. The molecule has 0 spiro atoms. The number of hydrogen-bond donors (Lipinski definition) is 2. The van der Waals surface area contributed by atoms with Crippen LogP contribution < -0.4 is 5.32 Å². The summed E-state index contributed by atoms with van der Waals surface area (Å²) in [4.78, 5) is 22.0. The molecule has 3 rings (SSSR count). The van der Waals surface area contributed by atoms with E-state index in [1.54, 1.807) is 4.68 Å². The van der Waals surface area contributed by atoms with Crippen molar-refractivity contribution < 1.29 is 9.90 Å². The first-order chi connectivity index (χ1) is 12.0. The maximum absolute atomic E-state index is 11.2. The van der Waals surface area contributed by atoms with Crippen molar-refractivity contribution in [2.45, 2.75) is 25.8 Å². The first-order valence-corrected chi connectivity index (χ1v) is 8.40. The topological polar surface area (TPSA) is 109 Å². The molecule has 1 saturated heterocycles. The van der Waals surface area contributed by atoms with E-state index < -0.39 is 5.97 Å². The van der Waals surface area contributed by atoms with Crippen molar-refractivity contribution in [3.8, 4) is 0 Å². The Morgan fingerprint density at radius 1 is 1.36 bits per heavy atom. The summed E-state index contributed by atoms with van der Waals surface area (Å²) >= 11 is 0. The maximum Gasteiger partial charge on any atom is 0.303 e. The molecule has 0 bridgehead atoms. The number of carboxylic acid groups (broad SMARTS) is 1. The number of aromatic nitrogens is 5. The van der Waals surface area contributed by atoms with Gasteiger partial charge in [0, 0.05) is 63.3 Å². The van der Waals surface area contributed by atoms with Crippen molar-refractivity contribution in [3.05, 3.63) is 29.8 Å². The van der Waals surface area contributed by atoms with Crippen LogP contribution in [0.15, 0.2) is 18.6 Å². The third-order valence-electron chi connectivity index (χ3n) is 4.40. The third-order valence-corrected chi connectivity index (χ3v) is 4.40. The van der Waals surface area contributed by atoms with Crippen LogP contribution in [0.3, 0.4) is 0 Å². The Balaban J connectivity index is 1.69. The van der Waals surface area contributed by atoms with Crippen LogP contribution in [0.5, 0.6) is 0 Å². The van der Waals surface area contributed by atoms with Gasteiger partial charge in [-0.1, -0.05) is 5.21 Å². The third kappa shape index (κ3) is 4.30. The molecule has 0 saturated carbocycles. The minimum atomic E-state index is -0.779. The predicted octanol–water partition coefficient (Wildman–Crippen LogP) is 0.727. The molecule has 0 aliphatic carbocycles. The fourth-order valence-electron chi connectivity index (χ4n) is 3.34. The highest BCUT2D eigenvalue weighted by atomic mass is 16.4. The largest absolute Gasteiger partial charge is 0.481 e. The van der Waals surface area contributed by atoms with E-state index in [9.17, 15) is 9.90 Å². The molecule has 2 atom stereocenters. The Morgan fingerprint density at radius 3 is 2.72 bits per heavy atom. The Kier molecular flexibility index (Phi) is 5.22. The van der Waals surface area contributed by atoms with Crippen LogP contribution in [0.2, 0.25) is 0 Å². The fraction of sp³-hybridized carbons (Fsp3) is 0.562. The van der Waals surface area contributed by atoms with Gasteiger partial charge in [0.2, 0.25) is 5.95 Å². The zero-order valence-corrected chi connectivity index (χ0v) is 14.5. The molecular weight excluding hydrogens is 322 g/mol. The quantitative estimate of drug-likeness (QED) is 0.756. The lowest BCUT2D eigenvalue weighted by atomic mass is 9.91. The van der Waals surface area contributed by atoms with Gasteiger partial charge < -0.3 is 10.4 Å². The van der Waals surface area contributed by atoms with E-state index in [0.29, 0.717) is 19.0 Å². The molecule has 1 fully saturated rings. The number of rotatable bonds is 7. The number of carbonyl (C=O) groups is 1. The number of likely N-dealkylation sites (tertiary alicyclic amines) is 1. The van der Waals surface area contributed by atoms with E-state index in [1.165, 1.54) is 0 Å². The van der Waals surface area contributed by atoms with E-state index in [-0.39, 0.29) is 18.3 Å². The Labute approximate surface area is 146 Å². The van der Waals surface area contributed by atoms with Gasteiger partial charge in [-0.25, -0.2) is 9.97 Å². The zero-order valence-electron chi connectivity index (χ0n) is 14.5. The molecule has 1 aliphatic rings. The van der Waals surface area contributed by atoms with Crippen molar-refractivity contribution in [2.75, 3.05) is 25.0 Å². The summed E-state index contributed by atoms with van der Waals surface area (Å²) in [5, 5.41) is 20.5. The van der Waals surface area contributed by atoms with Crippen molar-refractivity contribution in [2.24, 2.45) is 13.0 Å². The standard InChI is InChI=1S/C16H23N7O2/c1-3-17-16-18-5-11(6-19-16)7-23-8-12(4-15(24)25)13(9-23)14-10-22(2)21-20-14/h5-6,10,12-13H,3-4,7-9H2,1-2H3,(H,24,25)(H,17,18,19). The molecule has 1 aliphatic heterocycles. The van der Waals surface area contributed by atoms with Gasteiger partial charge in [0.05, 0.1) is 12.1 Å². The van der Waals surface area contributed by atoms with Crippen molar-refractivity contribution >= 4 is 11.9 Å². The van der Waals surface area contributed by atoms with Gasteiger partial charge in [-0.15, -0.1) is 5.10 Å². The van der Waals surface area contributed by atoms with Gasteiger partial charge in [-0.05, 0) is 12.8 Å². The highest BCUT2D eigenvalue weighted by molar-refractivity contribution is 5.67. The van der Waals surface area contributed by atoms with E-state index in [4.69, 9.17) is 0 Å². The molecule has 25 heavy (non-hydrogen) atoms. The first kappa shape index (κ1) is 17.3. The Hall–Kier alpha value is -2.55. The van der Waals surface area contributed by atoms with Crippen LogP contribution in [0.1, 0.15) is 30.5 Å². The number of nitrogens with zero attached hydrogens (tertiary/aromatic N) is 6. The van der Waals surface area contributed by atoms with Crippen LogP contribution >= 0.6 is 0 Å². The Morgan fingerprint density at radius 2 is 2.12 bits per heavy atom. The maximum atomic E-state index is 11.2. The van der Waals surface area contributed by atoms with Gasteiger partial charge in [-0.3, -0.25) is 14.4 Å². The van der Waals surface area contributed by atoms with Crippen molar-refractivity contribution in [3.63, 3.8) is 0 Å². The number of aliphatic carboxylic acids is 1. The second kappa shape index (κ2) is 7.56. The smallest absolute Gasteiger partial charge is 0.303 e. The summed E-state index contributed by atoms with van der Waals surface area (Å²) in [7, 11) is 1.82. The van der Waals surface area contributed by atoms with Crippen LogP contribution in [0.4, 0.5) is 5.95 Å². The van der Waals surface area contributed by atoms with E-state index in [1.807, 2.05) is 32.6 Å². The lowest BCUT2D eigenvalue weighted by molar-refractivity contribution is -0.138. The monoisotopic (exact) mass is 345 g/mol. The normalized spacial score (nSPS) is 20.7. The molecule has 3 heterocycles. The molecule has 9 heteroatoms. The predicted molar refractivity (Wildman–Crippen MR) is 91.0 cm³/mol. The number of anilines is 1. The van der Waals surface area contributed by atoms with Crippen LogP contribution in [-0.2, 0) is 18.4 Å². The minimum Gasteiger partial charge on any atom is -0.481 e. The van der Waals surface area contributed by atoms with E-state index in [0.717, 1.165) is 24.3 Å². The van der Waals surface area contributed by atoms with Crippen LogP contribution in [-0.4, -0.2) is 60.6 Å². The summed E-state index contributed by atoms with van der Waals surface area (Å²) in [6, 6.07) is 0. The molecule has 2 N–H and O–H groups in total. The number of carboxylic acids is 1. The molecule has 134 valence electrons. The van der Waals surface area contributed by atoms with Crippen LogP contribution in [0, 0.1) is 5.92 Å². The molecule has 0 amide bonds. The van der Waals surface area contributed by atoms with Gasteiger partial charge in [0.15, 0.2) is 0 Å². The van der Waals surface area contributed by atoms with E-state index in [2.05, 4.69) is 30.5 Å². The average Bonchev–Trinajstić information content (AvgIpc) is 3.15. The van der Waals surface area contributed by atoms with Gasteiger partial charge in [0.25, 0.3) is 0 Å². The number of nitrogens with one attached hydrogen (secondary N) is 1. The molecular formula is C16H23N7O2. The molecule has 0 aromatic carbocycles. The molecule has 2 unspecified atom stereocenters. The number of hydrogen-bond acceptors (Lipinski definition) is 7. The highest BCUT2D eigenvalue weighted by Gasteiger charge is 2.36. The summed E-state index contributed by atoms with van der Waals surface area (Å²) in [6.07, 6.45) is 5.63. The van der Waals surface area contributed by atoms with E-state index >= 15 is 0 Å². The SMILES string of the molecule is CCNc1ncc(CN2CC(CC(=O)O)C(c3cn(C)nn3)C2)cn1. The second-order valence-corrected chi connectivity index (χ2v) is 6.42. The van der Waals surface area contributed by atoms with Crippen LogP contribution in [0.25, 0.3) is 0 Å². The minimum absolute atomic E-state index is 0.0242. The first-order valence-electron chi connectivity index (χ1n) is 8.40. The molecule has 2 aromatic rings. The number of aryl methyl sites for hydroxylation is 1. The molecule has 0 radical (unpaired) electrons. The van der Waals surface area contributed by atoms with Crippen molar-refractivity contribution in [1.29, 1.82) is 0 Å². The summed E-state index contributed by atoms with van der Waals surface area (Å²) < 4.78 is 1.66. The zero-order chi connectivity index (χ0) is 17.8. The van der Waals surface area contributed by atoms with Gasteiger partial charge in [-0.2, -0.15) is 0 Å². The summed E-state index contributed by atoms with van der Waals surface area (Å²) in [6.45, 7) is 4.94. The van der Waals surface area contributed by atoms with Gasteiger partial charge >= 0.3 is 5.97 Å². The fourth-order valence-corrected chi connectivity index (χ4v) is 3.34.